The highest BCUT2D eigenvalue weighted by molar-refractivity contribution is 5.91. The number of carbonyl (C=O) groups excluding carboxylic acids is 1. The predicted octanol–water partition coefficient (Wildman–Crippen LogP) is 2.73. The summed E-state index contributed by atoms with van der Waals surface area (Å²) in [6.45, 7) is 1.12. The maximum Gasteiger partial charge on any atom is 0.322 e. The number of nitrogens with zero attached hydrogens (tertiary/aromatic N) is 5. The van der Waals surface area contributed by atoms with Crippen LogP contribution in [0.1, 0.15) is 17.7 Å². The first kappa shape index (κ1) is 16.3. The molecule has 2 amide bonds. The molecule has 1 aliphatic heterocycles. The molecule has 0 saturated heterocycles. The number of hydrogen-bond donors (Lipinski definition) is 1. The first-order chi connectivity index (χ1) is 12.6. The van der Waals surface area contributed by atoms with E-state index in [1.165, 1.54) is 12.1 Å². The number of benzene rings is 1. The van der Waals surface area contributed by atoms with Crippen LogP contribution in [0.4, 0.5) is 14.9 Å². The highest BCUT2D eigenvalue weighted by atomic mass is 19.1. The lowest BCUT2D eigenvalue weighted by Crippen LogP contribution is -2.34. The fourth-order valence-corrected chi connectivity index (χ4v) is 3.27. The smallest absolute Gasteiger partial charge is 0.320 e. The first-order valence-corrected chi connectivity index (χ1v) is 8.47. The van der Waals surface area contributed by atoms with Crippen molar-refractivity contribution < 1.29 is 9.18 Å². The zero-order valence-corrected chi connectivity index (χ0v) is 14.4. The molecule has 0 bridgehead atoms. The van der Waals surface area contributed by atoms with Gasteiger partial charge in [0.2, 0.25) is 0 Å². The van der Waals surface area contributed by atoms with Gasteiger partial charge in [-0.05, 0) is 37.1 Å². The van der Waals surface area contributed by atoms with Gasteiger partial charge < -0.3 is 10.2 Å². The summed E-state index contributed by atoms with van der Waals surface area (Å²) in [4.78, 5) is 14.5. The SMILES string of the molecule is Cn1ncc2c1CCCN(C(=O)Nc1cc(F)ccc1-n1cccn1)C2. The number of amides is 2. The molecule has 7 nitrogen and oxygen atoms in total. The van der Waals surface area contributed by atoms with E-state index in [0.717, 1.165) is 24.1 Å². The molecule has 0 radical (unpaired) electrons. The fraction of sp³-hybridized carbons (Fsp3) is 0.278. The second-order valence-electron chi connectivity index (χ2n) is 6.31. The van der Waals surface area contributed by atoms with E-state index in [0.29, 0.717) is 24.5 Å². The van der Waals surface area contributed by atoms with E-state index in [9.17, 15) is 9.18 Å². The quantitative estimate of drug-likeness (QED) is 0.769. The molecule has 1 N–H and O–H groups in total. The van der Waals surface area contributed by atoms with E-state index in [2.05, 4.69) is 15.5 Å². The average molecular weight is 354 g/mol. The largest absolute Gasteiger partial charge is 0.322 e. The van der Waals surface area contributed by atoms with Gasteiger partial charge in [0.1, 0.15) is 5.82 Å². The Kier molecular flexibility index (Phi) is 4.16. The molecule has 0 saturated carbocycles. The Morgan fingerprint density at radius 3 is 3.00 bits per heavy atom. The molecule has 0 unspecified atom stereocenters. The van der Waals surface area contributed by atoms with E-state index in [4.69, 9.17) is 0 Å². The summed E-state index contributed by atoms with van der Waals surface area (Å²) in [7, 11) is 1.91. The number of nitrogens with one attached hydrogen (secondary N) is 1. The molecule has 3 aromatic rings. The van der Waals surface area contributed by atoms with E-state index < -0.39 is 5.82 Å². The average Bonchev–Trinajstić information content (AvgIpc) is 3.20. The third-order valence-electron chi connectivity index (χ3n) is 4.59. The molecule has 26 heavy (non-hydrogen) atoms. The zero-order valence-electron chi connectivity index (χ0n) is 14.4. The van der Waals surface area contributed by atoms with Gasteiger partial charge in [0.15, 0.2) is 0 Å². The summed E-state index contributed by atoms with van der Waals surface area (Å²) in [5.74, 6) is -0.415. The number of carbonyl (C=O) groups is 1. The number of halogens is 1. The lowest BCUT2D eigenvalue weighted by Gasteiger charge is -2.22. The van der Waals surface area contributed by atoms with Crippen LogP contribution in [0.2, 0.25) is 0 Å². The van der Waals surface area contributed by atoms with Crippen molar-refractivity contribution in [1.82, 2.24) is 24.5 Å². The van der Waals surface area contributed by atoms with Crippen LogP contribution in [0.5, 0.6) is 0 Å². The lowest BCUT2D eigenvalue weighted by atomic mass is 10.2. The minimum Gasteiger partial charge on any atom is -0.320 e. The normalized spacial score (nSPS) is 14.0. The summed E-state index contributed by atoms with van der Waals surface area (Å²) in [6, 6.07) is 5.76. The molecule has 2 aromatic heterocycles. The molecule has 0 fully saturated rings. The van der Waals surface area contributed by atoms with Crippen LogP contribution in [0, 0.1) is 5.82 Å². The Balaban J connectivity index is 1.58. The summed E-state index contributed by atoms with van der Waals surface area (Å²) >= 11 is 0. The van der Waals surface area contributed by atoms with Crippen LogP contribution >= 0.6 is 0 Å². The standard InChI is InChI=1S/C18H19FN6O/c1-23-16-4-2-8-24(12-13(16)11-21-23)18(26)22-15-10-14(19)5-6-17(15)25-9-3-7-20-25/h3,5-7,9-11H,2,4,8,12H2,1H3,(H,22,26). The Morgan fingerprint density at radius 2 is 2.19 bits per heavy atom. The van der Waals surface area contributed by atoms with Gasteiger partial charge in [0.05, 0.1) is 24.1 Å². The van der Waals surface area contributed by atoms with Crippen LogP contribution in [0.15, 0.2) is 42.9 Å². The zero-order chi connectivity index (χ0) is 18.1. The second kappa shape index (κ2) is 6.62. The van der Waals surface area contributed by atoms with Crippen molar-refractivity contribution in [2.75, 3.05) is 11.9 Å². The number of aromatic nitrogens is 4. The van der Waals surface area contributed by atoms with Gasteiger partial charge in [-0.25, -0.2) is 13.9 Å². The van der Waals surface area contributed by atoms with Gasteiger partial charge >= 0.3 is 6.03 Å². The van der Waals surface area contributed by atoms with Crippen molar-refractivity contribution in [3.63, 3.8) is 0 Å². The summed E-state index contributed by atoms with van der Waals surface area (Å²) in [5.41, 5.74) is 3.20. The molecule has 1 aromatic carbocycles. The molecule has 3 heterocycles. The van der Waals surface area contributed by atoms with Crippen LogP contribution in [-0.4, -0.2) is 37.0 Å². The Hall–Kier alpha value is -3.16. The predicted molar refractivity (Wildman–Crippen MR) is 94.5 cm³/mol. The second-order valence-corrected chi connectivity index (χ2v) is 6.31. The maximum absolute atomic E-state index is 13.7. The van der Waals surface area contributed by atoms with Crippen LogP contribution in [-0.2, 0) is 20.0 Å². The van der Waals surface area contributed by atoms with Crippen molar-refractivity contribution in [3.05, 3.63) is 59.9 Å². The van der Waals surface area contributed by atoms with E-state index in [-0.39, 0.29) is 6.03 Å². The fourth-order valence-electron chi connectivity index (χ4n) is 3.27. The van der Waals surface area contributed by atoms with E-state index >= 15 is 0 Å². The molecule has 0 atom stereocenters. The highest BCUT2D eigenvalue weighted by Gasteiger charge is 2.22. The number of rotatable bonds is 2. The van der Waals surface area contributed by atoms with Gasteiger partial charge in [-0.2, -0.15) is 10.2 Å². The van der Waals surface area contributed by atoms with Gasteiger partial charge in [-0.3, -0.25) is 4.68 Å². The topological polar surface area (TPSA) is 68.0 Å². The number of aryl methyl sites for hydroxylation is 1. The van der Waals surface area contributed by atoms with E-state index in [1.54, 1.807) is 40.3 Å². The van der Waals surface area contributed by atoms with Crippen molar-refractivity contribution in [2.45, 2.75) is 19.4 Å². The third kappa shape index (κ3) is 3.05. The summed E-state index contributed by atoms with van der Waals surface area (Å²) in [5, 5.41) is 11.3. The lowest BCUT2D eigenvalue weighted by molar-refractivity contribution is 0.210. The van der Waals surface area contributed by atoms with Gasteiger partial charge in [0.25, 0.3) is 0 Å². The van der Waals surface area contributed by atoms with Gasteiger partial charge in [0, 0.05) is 37.2 Å². The monoisotopic (exact) mass is 354 g/mol. The molecule has 0 aliphatic carbocycles. The van der Waals surface area contributed by atoms with Crippen molar-refractivity contribution in [1.29, 1.82) is 0 Å². The maximum atomic E-state index is 13.7. The molecule has 1 aliphatic rings. The Labute approximate surface area is 150 Å². The highest BCUT2D eigenvalue weighted by Crippen LogP contribution is 2.23. The van der Waals surface area contributed by atoms with Crippen molar-refractivity contribution in [2.24, 2.45) is 7.05 Å². The molecular formula is C18H19FN6O. The van der Waals surface area contributed by atoms with Crippen molar-refractivity contribution >= 4 is 11.7 Å². The number of hydrogen-bond acceptors (Lipinski definition) is 3. The van der Waals surface area contributed by atoms with Gasteiger partial charge in [-0.15, -0.1) is 0 Å². The molecule has 0 spiro atoms. The first-order valence-electron chi connectivity index (χ1n) is 8.47. The molecule has 134 valence electrons. The molecule has 4 rings (SSSR count). The van der Waals surface area contributed by atoms with Crippen LogP contribution in [0.25, 0.3) is 5.69 Å². The number of urea groups is 1. The van der Waals surface area contributed by atoms with E-state index in [1.807, 2.05) is 11.7 Å². The minimum atomic E-state index is -0.415. The Morgan fingerprint density at radius 1 is 1.31 bits per heavy atom. The minimum absolute atomic E-state index is 0.263. The summed E-state index contributed by atoms with van der Waals surface area (Å²) in [6.07, 6.45) is 6.92. The molecular weight excluding hydrogens is 335 g/mol. The van der Waals surface area contributed by atoms with Crippen LogP contribution in [0.3, 0.4) is 0 Å². The molecule has 8 heteroatoms. The van der Waals surface area contributed by atoms with Crippen molar-refractivity contribution in [3.8, 4) is 5.69 Å². The number of fused-ring (bicyclic) bond motifs is 1. The third-order valence-corrected chi connectivity index (χ3v) is 4.59. The number of anilines is 1. The van der Waals surface area contributed by atoms with Crippen LogP contribution < -0.4 is 5.32 Å². The Bertz CT molecular complexity index is 933. The van der Waals surface area contributed by atoms with Gasteiger partial charge in [-0.1, -0.05) is 0 Å². The summed E-state index contributed by atoms with van der Waals surface area (Å²) < 4.78 is 17.2.